The molecule has 0 aromatic heterocycles. The van der Waals surface area contributed by atoms with Crippen LogP contribution in [-0.4, -0.2) is 17.6 Å². The highest BCUT2D eigenvalue weighted by Gasteiger charge is 2.33. The van der Waals surface area contributed by atoms with Crippen molar-refractivity contribution in [3.05, 3.63) is 35.9 Å². The molecule has 0 bridgehead atoms. The normalized spacial score (nSPS) is 13.2. The fourth-order valence-corrected chi connectivity index (χ4v) is 1.67. The van der Waals surface area contributed by atoms with Gasteiger partial charge in [0.05, 0.1) is 0 Å². The van der Waals surface area contributed by atoms with Crippen molar-refractivity contribution in [3.8, 4) is 0 Å². The minimum absolute atomic E-state index is 0.188. The Balaban J connectivity index is 2.65. The summed E-state index contributed by atoms with van der Waals surface area (Å²) >= 11 is 0. The van der Waals surface area contributed by atoms with Crippen LogP contribution in [0.2, 0.25) is 0 Å². The van der Waals surface area contributed by atoms with Gasteiger partial charge in [0.2, 0.25) is 6.08 Å². The Morgan fingerprint density at radius 1 is 1.39 bits per heavy atom. The number of carbonyl (C=O) groups is 1. The zero-order valence-electron chi connectivity index (χ0n) is 10.7. The third-order valence-corrected chi connectivity index (χ3v) is 2.68. The molecular weight excluding hydrogens is 230 g/mol. The molecule has 4 nitrogen and oxygen atoms in total. The maximum atomic E-state index is 11.9. The van der Waals surface area contributed by atoms with Crippen LogP contribution in [0.4, 0.5) is 0 Å². The molecule has 1 aromatic rings. The molecule has 0 radical (unpaired) electrons. The highest BCUT2D eigenvalue weighted by Crippen LogP contribution is 2.19. The predicted molar refractivity (Wildman–Crippen MR) is 67.7 cm³/mol. The first-order chi connectivity index (χ1) is 8.62. The molecule has 0 aliphatic rings. The number of esters is 1. The monoisotopic (exact) mass is 247 g/mol. The Morgan fingerprint density at radius 3 is 2.61 bits per heavy atom. The Bertz CT molecular complexity index is 438. The number of carbonyl (C=O) groups excluding carboxylic acids is 2. The summed E-state index contributed by atoms with van der Waals surface area (Å²) in [6.45, 7) is 3.70. The molecule has 1 rings (SSSR count). The van der Waals surface area contributed by atoms with Crippen molar-refractivity contribution in [2.45, 2.75) is 38.8 Å². The number of nitrogens with zero attached hydrogens (tertiary/aromatic N) is 1. The van der Waals surface area contributed by atoms with Gasteiger partial charge in [-0.1, -0.05) is 43.7 Å². The lowest BCUT2D eigenvalue weighted by Crippen LogP contribution is -2.34. The van der Waals surface area contributed by atoms with Crippen molar-refractivity contribution in [3.63, 3.8) is 0 Å². The number of isocyanates is 1. The van der Waals surface area contributed by atoms with Crippen LogP contribution in [0.25, 0.3) is 0 Å². The minimum Gasteiger partial charge on any atom is -0.459 e. The smallest absolute Gasteiger partial charge is 0.335 e. The standard InChI is InChI=1S/C14H17NO3/c1-3-9-14(2,15-11-16)13(17)18-10-12-7-5-4-6-8-12/h4-8H,3,9-10H2,1-2H3. The molecule has 1 atom stereocenters. The SMILES string of the molecule is CCCC(C)(N=C=O)C(=O)OCc1ccccc1. The third kappa shape index (κ3) is 3.82. The number of hydrogen-bond donors (Lipinski definition) is 0. The second kappa shape index (κ2) is 6.72. The number of ether oxygens (including phenoxy) is 1. The van der Waals surface area contributed by atoms with Gasteiger partial charge in [-0.15, -0.1) is 0 Å². The van der Waals surface area contributed by atoms with E-state index in [4.69, 9.17) is 4.74 Å². The highest BCUT2D eigenvalue weighted by atomic mass is 16.5. The molecule has 96 valence electrons. The molecule has 0 aliphatic heterocycles. The molecule has 4 heteroatoms. The van der Waals surface area contributed by atoms with Crippen molar-refractivity contribution in [2.75, 3.05) is 0 Å². The zero-order chi connectivity index (χ0) is 13.4. The van der Waals surface area contributed by atoms with Crippen LogP contribution < -0.4 is 0 Å². The molecule has 0 spiro atoms. The van der Waals surface area contributed by atoms with Crippen LogP contribution in [-0.2, 0) is 20.9 Å². The second-order valence-corrected chi connectivity index (χ2v) is 4.29. The van der Waals surface area contributed by atoms with Crippen LogP contribution in [0.1, 0.15) is 32.3 Å². The zero-order valence-corrected chi connectivity index (χ0v) is 10.7. The summed E-state index contributed by atoms with van der Waals surface area (Å²) in [5.74, 6) is -0.489. The maximum Gasteiger partial charge on any atom is 0.335 e. The second-order valence-electron chi connectivity index (χ2n) is 4.29. The first-order valence-electron chi connectivity index (χ1n) is 5.92. The van der Waals surface area contributed by atoms with Gasteiger partial charge >= 0.3 is 5.97 Å². The van der Waals surface area contributed by atoms with Gasteiger partial charge in [-0.3, -0.25) is 0 Å². The average molecular weight is 247 g/mol. The molecule has 1 unspecified atom stereocenters. The van der Waals surface area contributed by atoms with E-state index in [-0.39, 0.29) is 6.61 Å². The van der Waals surface area contributed by atoms with Crippen molar-refractivity contribution < 1.29 is 14.3 Å². The molecule has 0 N–H and O–H groups in total. The van der Waals surface area contributed by atoms with Crippen LogP contribution in [0.5, 0.6) is 0 Å². The van der Waals surface area contributed by atoms with Gasteiger partial charge in [0, 0.05) is 0 Å². The Kier molecular flexibility index (Phi) is 5.28. The van der Waals surface area contributed by atoms with Crippen molar-refractivity contribution in [2.24, 2.45) is 4.99 Å². The van der Waals surface area contributed by atoms with Gasteiger partial charge in [-0.05, 0) is 18.9 Å². The van der Waals surface area contributed by atoms with Gasteiger partial charge in [0.1, 0.15) is 6.61 Å². The van der Waals surface area contributed by atoms with E-state index in [1.165, 1.54) is 6.08 Å². The number of benzene rings is 1. The van der Waals surface area contributed by atoms with Crippen molar-refractivity contribution >= 4 is 12.0 Å². The predicted octanol–water partition coefficient (Wildman–Crippen LogP) is 2.62. The summed E-state index contributed by atoms with van der Waals surface area (Å²) < 4.78 is 5.19. The molecular formula is C14H17NO3. The number of rotatable bonds is 6. The Morgan fingerprint density at radius 2 is 2.06 bits per heavy atom. The van der Waals surface area contributed by atoms with Gasteiger partial charge in [-0.2, -0.15) is 4.99 Å². The molecule has 0 saturated carbocycles. The summed E-state index contributed by atoms with van der Waals surface area (Å²) in [6, 6.07) is 9.38. The van der Waals surface area contributed by atoms with E-state index >= 15 is 0 Å². The van der Waals surface area contributed by atoms with Gasteiger partial charge in [0.15, 0.2) is 5.54 Å². The van der Waals surface area contributed by atoms with Crippen LogP contribution in [0, 0.1) is 0 Å². The first kappa shape index (κ1) is 14.1. The van der Waals surface area contributed by atoms with E-state index in [1.54, 1.807) is 6.92 Å². The quantitative estimate of drug-likeness (QED) is 0.441. The lowest BCUT2D eigenvalue weighted by atomic mass is 9.97. The van der Waals surface area contributed by atoms with Gasteiger partial charge in [-0.25, -0.2) is 9.59 Å². The Hall–Kier alpha value is -1.93. The average Bonchev–Trinajstić information content (AvgIpc) is 2.37. The number of aliphatic imine (C=N–C) groups is 1. The maximum absolute atomic E-state index is 11.9. The largest absolute Gasteiger partial charge is 0.459 e. The lowest BCUT2D eigenvalue weighted by Gasteiger charge is -2.20. The van der Waals surface area contributed by atoms with E-state index < -0.39 is 11.5 Å². The van der Waals surface area contributed by atoms with E-state index in [2.05, 4.69) is 4.99 Å². The van der Waals surface area contributed by atoms with Gasteiger partial charge < -0.3 is 4.74 Å². The minimum atomic E-state index is -1.12. The van der Waals surface area contributed by atoms with E-state index in [0.717, 1.165) is 12.0 Å². The summed E-state index contributed by atoms with van der Waals surface area (Å²) in [5.41, 5.74) is -0.217. The molecule has 1 aromatic carbocycles. The van der Waals surface area contributed by atoms with Crippen molar-refractivity contribution in [1.82, 2.24) is 0 Å². The summed E-state index contributed by atoms with van der Waals surface area (Å²) in [5, 5.41) is 0. The van der Waals surface area contributed by atoms with Crippen molar-refractivity contribution in [1.29, 1.82) is 0 Å². The van der Waals surface area contributed by atoms with Crippen LogP contribution in [0.15, 0.2) is 35.3 Å². The number of hydrogen-bond acceptors (Lipinski definition) is 4. The Labute approximate surface area is 107 Å². The molecule has 0 fully saturated rings. The fourth-order valence-electron chi connectivity index (χ4n) is 1.67. The summed E-state index contributed by atoms with van der Waals surface area (Å²) in [4.78, 5) is 25.9. The topological polar surface area (TPSA) is 55.7 Å². The summed E-state index contributed by atoms with van der Waals surface area (Å²) in [7, 11) is 0. The molecule has 0 aliphatic carbocycles. The fraction of sp³-hybridized carbons (Fsp3) is 0.429. The molecule has 18 heavy (non-hydrogen) atoms. The molecule has 0 heterocycles. The summed E-state index contributed by atoms with van der Waals surface area (Å²) in [6.07, 6.45) is 2.65. The van der Waals surface area contributed by atoms with Gasteiger partial charge in [0.25, 0.3) is 0 Å². The van der Waals surface area contributed by atoms with E-state index in [9.17, 15) is 9.59 Å². The third-order valence-electron chi connectivity index (χ3n) is 2.68. The van der Waals surface area contributed by atoms with E-state index in [0.29, 0.717) is 6.42 Å². The first-order valence-corrected chi connectivity index (χ1v) is 5.92. The highest BCUT2D eigenvalue weighted by molar-refractivity contribution is 5.81. The van der Waals surface area contributed by atoms with Crippen LogP contribution >= 0.6 is 0 Å². The molecule has 0 saturated heterocycles. The van der Waals surface area contributed by atoms with E-state index in [1.807, 2.05) is 37.3 Å². The molecule has 0 amide bonds. The lowest BCUT2D eigenvalue weighted by molar-refractivity contribution is -0.151. The van der Waals surface area contributed by atoms with Crippen LogP contribution in [0.3, 0.4) is 0 Å².